The van der Waals surface area contributed by atoms with Crippen LogP contribution in [0.25, 0.3) is 0 Å². The van der Waals surface area contributed by atoms with Crippen LogP contribution in [-0.2, 0) is 0 Å². The summed E-state index contributed by atoms with van der Waals surface area (Å²) in [6, 6.07) is 0. The first-order valence-electron chi connectivity index (χ1n) is 5.37. The van der Waals surface area contributed by atoms with Gasteiger partial charge in [-0.05, 0) is 67.9 Å². The summed E-state index contributed by atoms with van der Waals surface area (Å²) in [7, 11) is 0. The molecule has 4 aliphatic rings. The zero-order valence-electron chi connectivity index (χ0n) is 7.50. The van der Waals surface area contributed by atoms with Gasteiger partial charge in [0.2, 0.25) is 0 Å². The van der Waals surface area contributed by atoms with Crippen LogP contribution in [0.4, 0.5) is 0 Å². The van der Waals surface area contributed by atoms with E-state index in [4.69, 9.17) is 5.41 Å². The summed E-state index contributed by atoms with van der Waals surface area (Å²) in [4.78, 5) is 0. The van der Waals surface area contributed by atoms with Crippen LogP contribution in [0.15, 0.2) is 0 Å². The Morgan fingerprint density at radius 1 is 0.833 bits per heavy atom. The lowest BCUT2D eigenvalue weighted by Gasteiger charge is -2.53. The average molecular weight is 163 g/mol. The van der Waals surface area contributed by atoms with Gasteiger partial charge in [-0.3, -0.25) is 0 Å². The first kappa shape index (κ1) is 7.11. The molecule has 0 saturated heterocycles. The average Bonchev–Trinajstić information content (AvgIpc) is 2.02. The van der Waals surface area contributed by atoms with Crippen molar-refractivity contribution in [3.8, 4) is 0 Å². The van der Waals surface area contributed by atoms with Crippen LogP contribution >= 0.6 is 0 Å². The summed E-state index contributed by atoms with van der Waals surface area (Å²) in [5.74, 6) is 4.63. The van der Waals surface area contributed by atoms with E-state index in [1.54, 1.807) is 6.21 Å². The molecule has 0 amide bonds. The summed E-state index contributed by atoms with van der Waals surface area (Å²) < 4.78 is 0. The maximum atomic E-state index is 7.45. The predicted octanol–water partition coefficient (Wildman–Crippen LogP) is 2.71. The second-order valence-corrected chi connectivity index (χ2v) is 5.17. The molecule has 1 N–H and O–H groups in total. The molecule has 0 spiro atoms. The van der Waals surface area contributed by atoms with Crippen molar-refractivity contribution < 1.29 is 0 Å². The highest BCUT2D eigenvalue weighted by Gasteiger charge is 2.47. The van der Waals surface area contributed by atoms with Gasteiger partial charge < -0.3 is 5.41 Å². The van der Waals surface area contributed by atoms with Gasteiger partial charge in [-0.1, -0.05) is 0 Å². The minimum atomic E-state index is 0.679. The molecule has 1 nitrogen and oxygen atoms in total. The zero-order chi connectivity index (χ0) is 8.13. The van der Waals surface area contributed by atoms with Crippen LogP contribution in [0.5, 0.6) is 0 Å². The summed E-state index contributed by atoms with van der Waals surface area (Å²) in [6.45, 7) is 0. The molecule has 0 aromatic carbocycles. The van der Waals surface area contributed by atoms with Gasteiger partial charge in [-0.15, -0.1) is 0 Å². The van der Waals surface area contributed by atoms with E-state index >= 15 is 0 Å². The lowest BCUT2D eigenvalue weighted by molar-refractivity contribution is -0.00661. The molecule has 4 bridgehead atoms. The Morgan fingerprint density at radius 2 is 1.33 bits per heavy atom. The molecule has 0 aromatic heterocycles. The molecular weight excluding hydrogens is 146 g/mol. The van der Waals surface area contributed by atoms with Gasteiger partial charge in [0, 0.05) is 0 Å². The van der Waals surface area contributed by atoms with Crippen molar-refractivity contribution in [2.75, 3.05) is 0 Å². The second kappa shape index (κ2) is 2.34. The van der Waals surface area contributed by atoms with E-state index in [0.717, 1.165) is 23.7 Å². The van der Waals surface area contributed by atoms with Crippen LogP contribution < -0.4 is 0 Å². The van der Waals surface area contributed by atoms with Crippen molar-refractivity contribution in [3.63, 3.8) is 0 Å². The number of hydrogen-bond acceptors (Lipinski definition) is 1. The van der Waals surface area contributed by atoms with Gasteiger partial charge in [0.25, 0.3) is 0 Å². The molecule has 66 valence electrons. The van der Waals surface area contributed by atoms with E-state index in [9.17, 15) is 0 Å². The van der Waals surface area contributed by atoms with Crippen molar-refractivity contribution in [2.24, 2.45) is 29.6 Å². The Kier molecular flexibility index (Phi) is 1.38. The lowest BCUT2D eigenvalue weighted by Crippen LogP contribution is -2.45. The summed E-state index contributed by atoms with van der Waals surface area (Å²) in [6.07, 6.45) is 9.09. The fraction of sp³-hybridized carbons (Fsp3) is 0.909. The number of nitrogens with one attached hydrogen (secondary N) is 1. The monoisotopic (exact) mass is 163 g/mol. The standard InChI is InChI=1S/C11H17N/c12-6-11-9-2-7-1-8(4-9)5-10(11)3-7/h6-12H,1-5H2. The van der Waals surface area contributed by atoms with Crippen molar-refractivity contribution in [2.45, 2.75) is 32.1 Å². The Morgan fingerprint density at radius 3 is 1.75 bits per heavy atom. The molecule has 0 aromatic rings. The SMILES string of the molecule is N=CC1C2CC3CC(C2)CC1C3. The summed E-state index contributed by atoms with van der Waals surface area (Å²) >= 11 is 0. The molecule has 12 heavy (non-hydrogen) atoms. The third-order valence-electron chi connectivity index (χ3n) is 4.49. The minimum Gasteiger partial charge on any atom is -0.313 e. The second-order valence-electron chi connectivity index (χ2n) is 5.17. The van der Waals surface area contributed by atoms with E-state index in [2.05, 4.69) is 0 Å². The van der Waals surface area contributed by atoms with Gasteiger partial charge in [-0.2, -0.15) is 0 Å². The van der Waals surface area contributed by atoms with E-state index in [1.165, 1.54) is 32.1 Å². The molecule has 0 radical (unpaired) electrons. The van der Waals surface area contributed by atoms with Crippen molar-refractivity contribution >= 4 is 6.21 Å². The quantitative estimate of drug-likeness (QED) is 0.575. The summed E-state index contributed by atoms with van der Waals surface area (Å²) in [5, 5.41) is 7.45. The van der Waals surface area contributed by atoms with Crippen LogP contribution in [0, 0.1) is 35.0 Å². The lowest BCUT2D eigenvalue weighted by atomic mass is 9.52. The minimum absolute atomic E-state index is 0.679. The van der Waals surface area contributed by atoms with Crippen molar-refractivity contribution in [3.05, 3.63) is 0 Å². The fourth-order valence-corrected chi connectivity index (χ4v) is 4.24. The van der Waals surface area contributed by atoms with Crippen molar-refractivity contribution in [1.82, 2.24) is 0 Å². The van der Waals surface area contributed by atoms with Gasteiger partial charge >= 0.3 is 0 Å². The fourth-order valence-electron chi connectivity index (χ4n) is 4.24. The number of rotatable bonds is 1. The van der Waals surface area contributed by atoms with Crippen LogP contribution in [0.2, 0.25) is 0 Å². The summed E-state index contributed by atoms with van der Waals surface area (Å²) in [5.41, 5.74) is 0. The normalized spacial score (nSPS) is 55.8. The highest BCUT2D eigenvalue weighted by atomic mass is 14.5. The van der Waals surface area contributed by atoms with Crippen LogP contribution in [0.1, 0.15) is 32.1 Å². The molecule has 1 heteroatoms. The maximum Gasteiger partial charge on any atom is -0.000791 e. The zero-order valence-corrected chi connectivity index (χ0v) is 7.50. The molecule has 4 fully saturated rings. The molecule has 4 rings (SSSR count). The van der Waals surface area contributed by atoms with Gasteiger partial charge in [-0.25, -0.2) is 0 Å². The molecular formula is C11H17N. The largest absolute Gasteiger partial charge is 0.313 e. The molecule has 0 aliphatic heterocycles. The predicted molar refractivity (Wildman–Crippen MR) is 49.3 cm³/mol. The van der Waals surface area contributed by atoms with Gasteiger partial charge in [0.1, 0.15) is 0 Å². The first-order chi connectivity index (χ1) is 5.86. The molecule has 4 saturated carbocycles. The topological polar surface area (TPSA) is 23.9 Å². The third kappa shape index (κ3) is 0.826. The highest BCUT2D eigenvalue weighted by molar-refractivity contribution is 5.58. The number of hydrogen-bond donors (Lipinski definition) is 1. The van der Waals surface area contributed by atoms with Gasteiger partial charge in [0.15, 0.2) is 0 Å². The Hall–Kier alpha value is -0.330. The van der Waals surface area contributed by atoms with E-state index in [0.29, 0.717) is 5.92 Å². The van der Waals surface area contributed by atoms with Gasteiger partial charge in [0.05, 0.1) is 0 Å². The molecule has 0 heterocycles. The third-order valence-corrected chi connectivity index (χ3v) is 4.49. The Labute approximate surface area is 74.1 Å². The molecule has 0 unspecified atom stereocenters. The van der Waals surface area contributed by atoms with E-state index < -0.39 is 0 Å². The van der Waals surface area contributed by atoms with Crippen molar-refractivity contribution in [1.29, 1.82) is 5.41 Å². The first-order valence-corrected chi connectivity index (χ1v) is 5.37. The Balaban J connectivity index is 1.90. The Bertz CT molecular complexity index is 181. The van der Waals surface area contributed by atoms with E-state index in [1.807, 2.05) is 0 Å². The van der Waals surface area contributed by atoms with Crippen LogP contribution in [-0.4, -0.2) is 6.21 Å². The van der Waals surface area contributed by atoms with Crippen LogP contribution in [0.3, 0.4) is 0 Å². The van der Waals surface area contributed by atoms with E-state index in [-0.39, 0.29) is 0 Å². The maximum absolute atomic E-state index is 7.45. The highest BCUT2D eigenvalue weighted by Crippen LogP contribution is 2.55. The molecule has 4 aliphatic carbocycles. The smallest absolute Gasteiger partial charge is 0.000791 e. The molecule has 0 atom stereocenters.